The van der Waals surface area contributed by atoms with Crippen molar-refractivity contribution in [1.29, 1.82) is 0 Å². The molecule has 4 saturated carbocycles. The summed E-state index contributed by atoms with van der Waals surface area (Å²) in [5.74, 6) is 4.16. The first kappa shape index (κ1) is 27.1. The van der Waals surface area contributed by atoms with E-state index in [-0.39, 0.29) is 24.3 Å². The average molecular weight is 489 g/mol. The van der Waals surface area contributed by atoms with Crippen LogP contribution in [0.4, 0.5) is 0 Å². The Bertz CT molecular complexity index is 806. The molecule has 4 aliphatic rings. The molecule has 0 heterocycles. The summed E-state index contributed by atoms with van der Waals surface area (Å²) in [6, 6.07) is 0. The standard InChI is InChI=1S/C31H52O4/c1-8-22(19(2)3)10-9-20(4)25-11-12-26-24-17-28(33)31(34)18-23(35-21(5)32)13-16-30(31,7)27(24)14-15-29(25,26)6/h19-20,22-27,34H,8-18H2,1-7H3/t20-,22-,23+,24+,25-,26+,27+,29-,30-,31+/m1/s1. The molecule has 4 aliphatic carbocycles. The number of ketones is 1. The zero-order valence-electron chi connectivity index (χ0n) is 23.6. The van der Waals surface area contributed by atoms with Gasteiger partial charge in [-0.25, -0.2) is 0 Å². The van der Waals surface area contributed by atoms with Gasteiger partial charge in [-0.15, -0.1) is 0 Å². The second kappa shape index (κ2) is 9.76. The van der Waals surface area contributed by atoms with Crippen LogP contribution in [0.5, 0.6) is 0 Å². The summed E-state index contributed by atoms with van der Waals surface area (Å²) in [4.78, 5) is 25.2. The maximum Gasteiger partial charge on any atom is 0.302 e. The van der Waals surface area contributed by atoms with Crippen LogP contribution in [0.25, 0.3) is 0 Å². The van der Waals surface area contributed by atoms with Crippen molar-refractivity contribution < 1.29 is 19.4 Å². The highest BCUT2D eigenvalue weighted by atomic mass is 16.5. The van der Waals surface area contributed by atoms with Crippen LogP contribution in [-0.2, 0) is 14.3 Å². The molecular formula is C31H52O4. The number of hydrogen-bond donors (Lipinski definition) is 1. The molecule has 0 radical (unpaired) electrons. The van der Waals surface area contributed by atoms with Crippen LogP contribution in [0.1, 0.15) is 119 Å². The molecule has 0 aliphatic heterocycles. The summed E-state index contributed by atoms with van der Waals surface area (Å²) in [6.45, 7) is 15.7. The molecule has 0 aromatic carbocycles. The lowest BCUT2D eigenvalue weighted by atomic mass is 9.42. The number of ether oxygens (including phenoxy) is 1. The van der Waals surface area contributed by atoms with Gasteiger partial charge in [0.25, 0.3) is 0 Å². The SMILES string of the molecule is CC[C@H](CC[C@@H](C)[C@H]1CC[C@H]2[C@@H]3CC(=O)[C@@]4(O)C[C@@H](OC(C)=O)CC[C@]4(C)[C@H]3CC[C@]12C)C(C)C. The van der Waals surface area contributed by atoms with E-state index in [0.717, 1.165) is 42.9 Å². The fourth-order valence-electron chi connectivity index (χ4n) is 10.0. The monoisotopic (exact) mass is 488 g/mol. The van der Waals surface area contributed by atoms with Crippen molar-refractivity contribution in [2.24, 2.45) is 52.3 Å². The van der Waals surface area contributed by atoms with Gasteiger partial charge in [-0.1, -0.05) is 54.4 Å². The van der Waals surface area contributed by atoms with Gasteiger partial charge >= 0.3 is 5.97 Å². The van der Waals surface area contributed by atoms with Crippen molar-refractivity contribution in [1.82, 2.24) is 0 Å². The summed E-state index contributed by atoms with van der Waals surface area (Å²) in [5.41, 5.74) is -1.43. The molecule has 4 rings (SSSR count). The fraction of sp³-hybridized carbons (Fsp3) is 0.935. The molecule has 4 nitrogen and oxygen atoms in total. The Morgan fingerprint density at radius 1 is 1.06 bits per heavy atom. The highest BCUT2D eigenvalue weighted by Crippen LogP contribution is 2.68. The Morgan fingerprint density at radius 2 is 1.77 bits per heavy atom. The molecule has 0 spiro atoms. The highest BCUT2D eigenvalue weighted by Gasteiger charge is 2.68. The zero-order valence-corrected chi connectivity index (χ0v) is 23.6. The lowest BCUT2D eigenvalue weighted by Gasteiger charge is -2.63. The molecule has 4 heteroatoms. The predicted octanol–water partition coefficient (Wildman–Crippen LogP) is 6.97. The van der Waals surface area contributed by atoms with E-state index >= 15 is 0 Å². The van der Waals surface area contributed by atoms with Crippen LogP contribution in [-0.4, -0.2) is 28.6 Å². The summed E-state index contributed by atoms with van der Waals surface area (Å²) < 4.78 is 5.47. The van der Waals surface area contributed by atoms with Gasteiger partial charge in [-0.3, -0.25) is 9.59 Å². The molecule has 35 heavy (non-hydrogen) atoms. The maximum atomic E-state index is 13.6. The third kappa shape index (κ3) is 4.42. The number of esters is 1. The number of fused-ring (bicyclic) bond motifs is 5. The van der Waals surface area contributed by atoms with Gasteiger partial charge in [0.1, 0.15) is 11.7 Å². The van der Waals surface area contributed by atoms with Gasteiger partial charge in [0, 0.05) is 25.2 Å². The molecule has 10 atom stereocenters. The summed E-state index contributed by atoms with van der Waals surface area (Å²) in [5, 5.41) is 11.8. The molecule has 0 amide bonds. The fourth-order valence-corrected chi connectivity index (χ4v) is 10.0. The predicted molar refractivity (Wildman–Crippen MR) is 140 cm³/mol. The Balaban J connectivity index is 1.51. The van der Waals surface area contributed by atoms with Crippen molar-refractivity contribution in [3.05, 3.63) is 0 Å². The number of rotatable bonds is 7. The van der Waals surface area contributed by atoms with Crippen LogP contribution in [0, 0.1) is 52.3 Å². The number of Topliss-reactive ketones (excluding diaryl/α,β-unsaturated/α-hetero) is 1. The van der Waals surface area contributed by atoms with Crippen molar-refractivity contribution in [3.8, 4) is 0 Å². The molecule has 0 bridgehead atoms. The van der Waals surface area contributed by atoms with Crippen LogP contribution in [0.3, 0.4) is 0 Å². The first-order valence-electron chi connectivity index (χ1n) is 14.8. The molecule has 0 saturated heterocycles. The highest BCUT2D eigenvalue weighted by molar-refractivity contribution is 5.89. The molecular weight excluding hydrogens is 436 g/mol. The maximum absolute atomic E-state index is 13.6. The molecule has 0 aromatic heterocycles. The van der Waals surface area contributed by atoms with E-state index in [2.05, 4.69) is 41.5 Å². The molecule has 0 aromatic rings. The minimum atomic E-state index is -1.35. The van der Waals surface area contributed by atoms with E-state index < -0.39 is 11.0 Å². The molecule has 4 fully saturated rings. The van der Waals surface area contributed by atoms with E-state index in [9.17, 15) is 14.7 Å². The van der Waals surface area contributed by atoms with Crippen molar-refractivity contribution >= 4 is 11.8 Å². The normalized spacial score (nSPS) is 44.8. The van der Waals surface area contributed by atoms with Crippen molar-refractivity contribution in [2.75, 3.05) is 0 Å². The lowest BCUT2D eigenvalue weighted by Crippen LogP contribution is -2.67. The minimum Gasteiger partial charge on any atom is -0.462 e. The van der Waals surface area contributed by atoms with E-state index in [4.69, 9.17) is 4.74 Å². The quantitative estimate of drug-likeness (QED) is 0.393. The van der Waals surface area contributed by atoms with Gasteiger partial charge < -0.3 is 9.84 Å². The number of carbonyl (C=O) groups excluding carboxylic acids is 2. The lowest BCUT2D eigenvalue weighted by molar-refractivity contribution is -0.217. The summed E-state index contributed by atoms with van der Waals surface area (Å²) >= 11 is 0. The first-order valence-corrected chi connectivity index (χ1v) is 14.8. The number of carbonyl (C=O) groups is 2. The van der Waals surface area contributed by atoms with Crippen molar-refractivity contribution in [2.45, 2.75) is 131 Å². The third-order valence-corrected chi connectivity index (χ3v) is 12.1. The second-order valence-corrected chi connectivity index (χ2v) is 14.0. The van der Waals surface area contributed by atoms with Crippen LogP contribution < -0.4 is 0 Å². The van der Waals surface area contributed by atoms with E-state index in [1.807, 2.05) is 0 Å². The smallest absolute Gasteiger partial charge is 0.302 e. The van der Waals surface area contributed by atoms with Crippen LogP contribution in [0.15, 0.2) is 0 Å². The van der Waals surface area contributed by atoms with Gasteiger partial charge in [-0.2, -0.15) is 0 Å². The number of aliphatic hydroxyl groups is 1. The van der Waals surface area contributed by atoms with Gasteiger partial charge in [-0.05, 0) is 91.8 Å². The Kier molecular flexibility index (Phi) is 7.57. The average Bonchev–Trinajstić information content (AvgIpc) is 3.13. The number of hydrogen-bond acceptors (Lipinski definition) is 4. The van der Waals surface area contributed by atoms with E-state index in [0.29, 0.717) is 29.6 Å². The second-order valence-electron chi connectivity index (χ2n) is 14.0. The summed E-state index contributed by atoms with van der Waals surface area (Å²) in [7, 11) is 0. The van der Waals surface area contributed by atoms with E-state index in [1.165, 1.54) is 45.4 Å². The molecule has 1 N–H and O–H groups in total. The molecule has 0 unspecified atom stereocenters. The summed E-state index contributed by atoms with van der Waals surface area (Å²) in [6.07, 6.45) is 10.8. The zero-order chi connectivity index (χ0) is 25.8. The van der Waals surface area contributed by atoms with Crippen LogP contribution >= 0.6 is 0 Å². The van der Waals surface area contributed by atoms with Gasteiger partial charge in [0.2, 0.25) is 0 Å². The topological polar surface area (TPSA) is 63.6 Å². The van der Waals surface area contributed by atoms with Gasteiger partial charge in [0.15, 0.2) is 5.78 Å². The van der Waals surface area contributed by atoms with Crippen molar-refractivity contribution in [3.63, 3.8) is 0 Å². The third-order valence-electron chi connectivity index (χ3n) is 12.1. The van der Waals surface area contributed by atoms with Gasteiger partial charge in [0.05, 0.1) is 0 Å². The minimum absolute atomic E-state index is 0.0153. The largest absolute Gasteiger partial charge is 0.462 e. The Hall–Kier alpha value is -0.900. The van der Waals surface area contributed by atoms with Crippen LogP contribution in [0.2, 0.25) is 0 Å². The van der Waals surface area contributed by atoms with E-state index in [1.54, 1.807) is 0 Å². The first-order chi connectivity index (χ1) is 16.4. The molecule has 200 valence electrons. The Labute approximate surface area is 214 Å². The Morgan fingerprint density at radius 3 is 2.40 bits per heavy atom.